The molecular weight excluding hydrogens is 387 g/mol. The second kappa shape index (κ2) is 9.62. The molecule has 0 atom stereocenters. The van der Waals surface area contributed by atoms with Gasteiger partial charge in [-0.1, -0.05) is 35.3 Å². The van der Waals surface area contributed by atoms with Crippen LogP contribution < -0.4 is 15.4 Å². The average molecular weight is 409 g/mol. The minimum atomic E-state index is -0.287. The molecule has 0 aliphatic rings. The molecule has 0 radical (unpaired) electrons. The van der Waals surface area contributed by atoms with E-state index in [9.17, 15) is 9.59 Å². The number of carbonyl (C=O) groups excluding carboxylic acids is 2. The molecule has 0 unspecified atom stereocenters. The van der Waals surface area contributed by atoms with Gasteiger partial charge < -0.3 is 15.4 Å². The van der Waals surface area contributed by atoms with Gasteiger partial charge in [0.25, 0.3) is 11.8 Å². The summed E-state index contributed by atoms with van der Waals surface area (Å²) in [6, 6.07) is 8.64. The summed E-state index contributed by atoms with van der Waals surface area (Å²) in [6.45, 7) is 6.41. The van der Waals surface area contributed by atoms with E-state index in [1.807, 2.05) is 32.9 Å². The van der Waals surface area contributed by atoms with Crippen LogP contribution in [0.1, 0.15) is 27.0 Å². The SMILES string of the molecule is Cc1ccc(C)c(OCC(=O)NCCNC(=O)c2ccc(Cl)c(Cl)c2)c1C. The highest BCUT2D eigenvalue weighted by molar-refractivity contribution is 6.42. The third-order valence-corrected chi connectivity index (χ3v) is 4.87. The normalized spacial score (nSPS) is 10.4. The Bertz CT molecular complexity index is 853. The van der Waals surface area contributed by atoms with E-state index in [0.717, 1.165) is 22.4 Å². The number of hydrogen-bond donors (Lipinski definition) is 2. The summed E-state index contributed by atoms with van der Waals surface area (Å²) >= 11 is 11.7. The summed E-state index contributed by atoms with van der Waals surface area (Å²) < 4.78 is 5.66. The van der Waals surface area contributed by atoms with Gasteiger partial charge >= 0.3 is 0 Å². The Kier molecular flexibility index (Phi) is 7.51. The number of amides is 2. The highest BCUT2D eigenvalue weighted by atomic mass is 35.5. The molecule has 144 valence electrons. The van der Waals surface area contributed by atoms with Crippen LogP contribution in [-0.2, 0) is 4.79 Å². The van der Waals surface area contributed by atoms with Crippen LogP contribution in [-0.4, -0.2) is 31.5 Å². The minimum absolute atomic E-state index is 0.0775. The number of rotatable bonds is 7. The molecule has 0 aliphatic heterocycles. The lowest BCUT2D eigenvalue weighted by Crippen LogP contribution is -2.36. The molecule has 0 bridgehead atoms. The van der Waals surface area contributed by atoms with Crippen molar-refractivity contribution < 1.29 is 14.3 Å². The molecule has 2 N–H and O–H groups in total. The lowest BCUT2D eigenvalue weighted by molar-refractivity contribution is -0.123. The van der Waals surface area contributed by atoms with Crippen molar-refractivity contribution in [3.63, 3.8) is 0 Å². The van der Waals surface area contributed by atoms with Crippen molar-refractivity contribution in [2.75, 3.05) is 19.7 Å². The summed E-state index contributed by atoms with van der Waals surface area (Å²) in [4.78, 5) is 24.0. The molecule has 27 heavy (non-hydrogen) atoms. The molecule has 0 aromatic heterocycles. The molecule has 2 amide bonds. The van der Waals surface area contributed by atoms with Gasteiger partial charge in [-0.25, -0.2) is 0 Å². The van der Waals surface area contributed by atoms with Crippen molar-refractivity contribution in [1.82, 2.24) is 10.6 Å². The van der Waals surface area contributed by atoms with Crippen molar-refractivity contribution in [3.8, 4) is 5.75 Å². The third kappa shape index (κ3) is 5.88. The van der Waals surface area contributed by atoms with E-state index in [-0.39, 0.29) is 25.0 Å². The largest absolute Gasteiger partial charge is 0.483 e. The Labute approximate surface area is 169 Å². The lowest BCUT2D eigenvalue weighted by atomic mass is 10.1. The van der Waals surface area contributed by atoms with Gasteiger partial charge in [0.2, 0.25) is 0 Å². The first kappa shape index (κ1) is 21.1. The van der Waals surface area contributed by atoms with Gasteiger partial charge in [-0.05, 0) is 55.7 Å². The summed E-state index contributed by atoms with van der Waals surface area (Å²) in [5, 5.41) is 6.12. The van der Waals surface area contributed by atoms with E-state index >= 15 is 0 Å². The zero-order valence-electron chi connectivity index (χ0n) is 15.5. The van der Waals surface area contributed by atoms with Gasteiger partial charge in [0.1, 0.15) is 5.75 Å². The predicted molar refractivity (Wildman–Crippen MR) is 108 cm³/mol. The van der Waals surface area contributed by atoms with Gasteiger partial charge in [-0.3, -0.25) is 9.59 Å². The molecule has 0 saturated carbocycles. The first-order valence-corrected chi connectivity index (χ1v) is 9.24. The van der Waals surface area contributed by atoms with Gasteiger partial charge in [0.05, 0.1) is 10.0 Å². The number of benzene rings is 2. The standard InChI is InChI=1S/C20H22Cl2N2O3/c1-12-4-5-13(2)19(14(12)3)27-11-18(25)23-8-9-24-20(26)15-6-7-16(21)17(22)10-15/h4-7,10H,8-9,11H2,1-3H3,(H,23,25)(H,24,26). The zero-order chi connectivity index (χ0) is 20.0. The van der Waals surface area contributed by atoms with Crippen LogP contribution in [0.3, 0.4) is 0 Å². The van der Waals surface area contributed by atoms with Crippen LogP contribution >= 0.6 is 23.2 Å². The number of ether oxygens (including phenoxy) is 1. The zero-order valence-corrected chi connectivity index (χ0v) is 17.0. The fraction of sp³-hybridized carbons (Fsp3) is 0.300. The average Bonchev–Trinajstić information content (AvgIpc) is 2.64. The van der Waals surface area contributed by atoms with E-state index in [2.05, 4.69) is 10.6 Å². The summed E-state index contributed by atoms with van der Waals surface area (Å²) in [5.41, 5.74) is 3.53. The summed E-state index contributed by atoms with van der Waals surface area (Å²) in [5.74, 6) is 0.197. The van der Waals surface area contributed by atoms with Crippen LogP contribution in [0.15, 0.2) is 30.3 Å². The molecule has 2 rings (SSSR count). The van der Waals surface area contributed by atoms with E-state index in [0.29, 0.717) is 22.2 Å². The molecule has 2 aromatic carbocycles. The van der Waals surface area contributed by atoms with Crippen molar-refractivity contribution in [1.29, 1.82) is 0 Å². The predicted octanol–water partition coefficient (Wildman–Crippen LogP) is 3.84. The first-order chi connectivity index (χ1) is 12.8. The van der Waals surface area contributed by atoms with E-state index in [1.54, 1.807) is 12.1 Å². The van der Waals surface area contributed by atoms with Crippen molar-refractivity contribution in [2.45, 2.75) is 20.8 Å². The molecule has 0 heterocycles. The number of carbonyl (C=O) groups is 2. The van der Waals surface area contributed by atoms with Crippen molar-refractivity contribution in [2.24, 2.45) is 0 Å². The molecule has 0 aliphatic carbocycles. The minimum Gasteiger partial charge on any atom is -0.483 e. The number of hydrogen-bond acceptors (Lipinski definition) is 3. The van der Waals surface area contributed by atoms with Crippen molar-refractivity contribution >= 4 is 35.0 Å². The van der Waals surface area contributed by atoms with Gasteiger partial charge in [-0.2, -0.15) is 0 Å². The fourth-order valence-corrected chi connectivity index (χ4v) is 2.75. The van der Waals surface area contributed by atoms with E-state index < -0.39 is 0 Å². The first-order valence-electron chi connectivity index (χ1n) is 8.49. The highest BCUT2D eigenvalue weighted by Crippen LogP contribution is 2.25. The molecule has 2 aromatic rings. The van der Waals surface area contributed by atoms with E-state index in [4.69, 9.17) is 27.9 Å². The fourth-order valence-electron chi connectivity index (χ4n) is 2.45. The highest BCUT2D eigenvalue weighted by Gasteiger charge is 2.10. The molecule has 7 heteroatoms. The third-order valence-electron chi connectivity index (χ3n) is 4.14. The number of aryl methyl sites for hydroxylation is 2. The Morgan fingerprint density at radius 1 is 0.926 bits per heavy atom. The van der Waals surface area contributed by atoms with Crippen LogP contribution in [0, 0.1) is 20.8 Å². The summed E-state index contributed by atoms with van der Waals surface area (Å²) in [7, 11) is 0. The van der Waals surface area contributed by atoms with Gasteiger partial charge in [0.15, 0.2) is 6.61 Å². The maximum atomic E-state index is 12.0. The number of halogens is 2. The van der Waals surface area contributed by atoms with Crippen LogP contribution in [0.4, 0.5) is 0 Å². The Morgan fingerprint density at radius 2 is 1.59 bits per heavy atom. The summed E-state index contributed by atoms with van der Waals surface area (Å²) in [6.07, 6.45) is 0. The molecule has 0 fully saturated rings. The Balaban J connectivity index is 1.74. The maximum Gasteiger partial charge on any atom is 0.258 e. The quantitative estimate of drug-likeness (QED) is 0.683. The number of nitrogens with one attached hydrogen (secondary N) is 2. The van der Waals surface area contributed by atoms with Crippen molar-refractivity contribution in [3.05, 3.63) is 62.6 Å². The molecular formula is C20H22Cl2N2O3. The smallest absolute Gasteiger partial charge is 0.258 e. The molecule has 0 spiro atoms. The Hall–Kier alpha value is -2.24. The monoisotopic (exact) mass is 408 g/mol. The second-order valence-corrected chi connectivity index (χ2v) is 6.99. The Morgan fingerprint density at radius 3 is 2.30 bits per heavy atom. The van der Waals surface area contributed by atoms with Crippen LogP contribution in [0.5, 0.6) is 5.75 Å². The van der Waals surface area contributed by atoms with Crippen LogP contribution in [0.25, 0.3) is 0 Å². The maximum absolute atomic E-state index is 12.0. The molecule has 5 nitrogen and oxygen atoms in total. The van der Waals surface area contributed by atoms with Gasteiger partial charge in [0, 0.05) is 18.7 Å². The molecule has 0 saturated heterocycles. The van der Waals surface area contributed by atoms with Gasteiger partial charge in [-0.15, -0.1) is 0 Å². The van der Waals surface area contributed by atoms with Crippen LogP contribution in [0.2, 0.25) is 10.0 Å². The second-order valence-electron chi connectivity index (χ2n) is 6.18. The van der Waals surface area contributed by atoms with E-state index in [1.165, 1.54) is 6.07 Å². The topological polar surface area (TPSA) is 67.4 Å². The lowest BCUT2D eigenvalue weighted by Gasteiger charge is -2.14.